The van der Waals surface area contributed by atoms with Crippen molar-refractivity contribution in [2.45, 2.75) is 44.1 Å². The van der Waals surface area contributed by atoms with Crippen LogP contribution in [0.25, 0.3) is 0 Å². The van der Waals surface area contributed by atoms with Crippen molar-refractivity contribution in [2.24, 2.45) is 5.73 Å². The molecule has 0 bridgehead atoms. The normalized spacial score (nSPS) is 25.2. The lowest BCUT2D eigenvalue weighted by Crippen LogP contribution is -2.42. The first-order valence-corrected chi connectivity index (χ1v) is 6.76. The summed E-state index contributed by atoms with van der Waals surface area (Å²) in [7, 11) is 0. The van der Waals surface area contributed by atoms with Crippen LogP contribution in [0.15, 0.2) is 30.3 Å². The van der Waals surface area contributed by atoms with Crippen molar-refractivity contribution in [3.05, 3.63) is 35.9 Å². The quantitative estimate of drug-likeness (QED) is 0.849. The van der Waals surface area contributed by atoms with E-state index >= 15 is 0 Å². The molecule has 4 nitrogen and oxygen atoms in total. The predicted molar refractivity (Wildman–Crippen MR) is 73.8 cm³/mol. The highest BCUT2D eigenvalue weighted by Gasteiger charge is 2.38. The molecule has 3 atom stereocenters. The van der Waals surface area contributed by atoms with Crippen LogP contribution in [0.5, 0.6) is 0 Å². The third-order valence-electron chi connectivity index (χ3n) is 3.59. The van der Waals surface area contributed by atoms with Crippen LogP contribution >= 0.6 is 0 Å². The summed E-state index contributed by atoms with van der Waals surface area (Å²) in [5.41, 5.74) is 7.48. The van der Waals surface area contributed by atoms with Gasteiger partial charge in [0.25, 0.3) is 0 Å². The van der Waals surface area contributed by atoms with Crippen LogP contribution in [0, 0.1) is 0 Å². The molecular weight excluding hydrogens is 242 g/mol. The number of hydrogen-bond acceptors (Lipinski definition) is 4. The van der Waals surface area contributed by atoms with Gasteiger partial charge in [0.15, 0.2) is 5.79 Å². The molecule has 2 rings (SSSR count). The molecule has 0 saturated carbocycles. The Morgan fingerprint density at radius 3 is 2.58 bits per heavy atom. The fourth-order valence-corrected chi connectivity index (χ4v) is 2.58. The number of rotatable bonds is 5. The maximum atomic E-state index is 9.26. The molecule has 1 saturated heterocycles. The first-order valence-electron chi connectivity index (χ1n) is 6.76. The lowest BCUT2D eigenvalue weighted by atomic mass is 9.86. The molecule has 4 heteroatoms. The summed E-state index contributed by atoms with van der Waals surface area (Å²) >= 11 is 0. The molecule has 0 spiro atoms. The van der Waals surface area contributed by atoms with Gasteiger partial charge >= 0.3 is 0 Å². The van der Waals surface area contributed by atoms with Crippen molar-refractivity contribution in [3.8, 4) is 0 Å². The van der Waals surface area contributed by atoms with E-state index in [1.165, 1.54) is 0 Å². The molecule has 1 fully saturated rings. The molecule has 1 heterocycles. The Morgan fingerprint density at radius 1 is 1.37 bits per heavy atom. The maximum Gasteiger partial charge on any atom is 0.163 e. The zero-order valence-electron chi connectivity index (χ0n) is 11.6. The van der Waals surface area contributed by atoms with Crippen molar-refractivity contribution in [2.75, 3.05) is 13.2 Å². The molecule has 0 aromatic heterocycles. The molecule has 3 N–H and O–H groups in total. The Labute approximate surface area is 114 Å². The maximum absolute atomic E-state index is 9.26. The Hall–Kier alpha value is -0.940. The van der Waals surface area contributed by atoms with Gasteiger partial charge in [0.05, 0.1) is 12.7 Å². The van der Waals surface area contributed by atoms with E-state index < -0.39 is 5.79 Å². The van der Waals surface area contributed by atoms with E-state index in [1.54, 1.807) is 0 Å². The third-order valence-corrected chi connectivity index (χ3v) is 3.59. The van der Waals surface area contributed by atoms with Crippen molar-refractivity contribution in [3.63, 3.8) is 0 Å². The van der Waals surface area contributed by atoms with Crippen LogP contribution in [-0.4, -0.2) is 36.3 Å². The van der Waals surface area contributed by atoms with Gasteiger partial charge in [0.2, 0.25) is 0 Å². The summed E-state index contributed by atoms with van der Waals surface area (Å²) in [6.45, 7) is 4.40. The molecular formula is C15H23NO3. The summed E-state index contributed by atoms with van der Waals surface area (Å²) < 4.78 is 11.4. The minimum Gasteiger partial charge on any atom is -0.396 e. The van der Waals surface area contributed by atoms with E-state index in [-0.39, 0.29) is 24.7 Å². The number of aliphatic hydroxyl groups excluding tert-OH is 1. The second-order valence-corrected chi connectivity index (χ2v) is 5.47. The Bertz CT molecular complexity index is 394. The van der Waals surface area contributed by atoms with Crippen molar-refractivity contribution < 1.29 is 14.6 Å². The zero-order chi connectivity index (χ0) is 13.9. The fraction of sp³-hybridized carbons (Fsp3) is 0.600. The zero-order valence-corrected chi connectivity index (χ0v) is 11.6. The van der Waals surface area contributed by atoms with Crippen molar-refractivity contribution in [1.82, 2.24) is 0 Å². The molecule has 0 unspecified atom stereocenters. The Kier molecular flexibility index (Phi) is 4.58. The van der Waals surface area contributed by atoms with Crippen LogP contribution in [0.1, 0.15) is 31.7 Å². The minimum atomic E-state index is -0.567. The monoisotopic (exact) mass is 265 g/mol. The van der Waals surface area contributed by atoms with E-state index in [0.29, 0.717) is 13.0 Å². The van der Waals surface area contributed by atoms with Crippen LogP contribution in [0.4, 0.5) is 0 Å². The molecule has 0 amide bonds. The smallest absolute Gasteiger partial charge is 0.163 e. The molecule has 1 aromatic rings. The lowest BCUT2D eigenvalue weighted by Gasteiger charge is -2.28. The molecule has 106 valence electrons. The first kappa shape index (κ1) is 14.5. The standard InChI is InChI=1S/C15H23NO3/c1-15(2)18-10-13(19-15)14(16)12(8-9-17)11-6-4-3-5-7-11/h3-7,12-14,17H,8-10,16H2,1-2H3/t12-,13+,14+/m0/s1. The molecule has 19 heavy (non-hydrogen) atoms. The summed E-state index contributed by atoms with van der Waals surface area (Å²) in [5.74, 6) is -0.489. The van der Waals surface area contributed by atoms with Gasteiger partial charge in [0, 0.05) is 18.6 Å². The van der Waals surface area contributed by atoms with Crippen LogP contribution < -0.4 is 5.73 Å². The number of ether oxygens (including phenoxy) is 2. The Morgan fingerprint density at radius 2 is 2.05 bits per heavy atom. The highest BCUT2D eigenvalue weighted by atomic mass is 16.7. The summed E-state index contributed by atoms with van der Waals surface area (Å²) in [5, 5.41) is 9.26. The highest BCUT2D eigenvalue weighted by Crippen LogP contribution is 2.31. The molecule has 1 aromatic carbocycles. The van der Waals surface area contributed by atoms with Gasteiger partial charge in [-0.05, 0) is 25.8 Å². The number of hydrogen-bond donors (Lipinski definition) is 2. The fourth-order valence-electron chi connectivity index (χ4n) is 2.58. The lowest BCUT2D eigenvalue weighted by molar-refractivity contribution is -0.141. The second-order valence-electron chi connectivity index (χ2n) is 5.47. The number of aliphatic hydroxyl groups is 1. The van der Waals surface area contributed by atoms with Gasteiger partial charge in [-0.25, -0.2) is 0 Å². The average Bonchev–Trinajstić information content (AvgIpc) is 2.77. The molecule has 0 aliphatic carbocycles. The van der Waals surface area contributed by atoms with E-state index in [0.717, 1.165) is 5.56 Å². The molecule has 1 aliphatic rings. The summed E-state index contributed by atoms with van der Waals surface area (Å²) in [6, 6.07) is 9.85. The highest BCUT2D eigenvalue weighted by molar-refractivity contribution is 5.22. The van der Waals surface area contributed by atoms with Gasteiger partial charge in [-0.15, -0.1) is 0 Å². The third kappa shape index (κ3) is 3.54. The largest absolute Gasteiger partial charge is 0.396 e. The van der Waals surface area contributed by atoms with E-state index in [2.05, 4.69) is 0 Å². The number of nitrogens with two attached hydrogens (primary N) is 1. The second kappa shape index (κ2) is 6.01. The molecule has 0 radical (unpaired) electrons. The van der Waals surface area contributed by atoms with Gasteiger partial charge in [-0.1, -0.05) is 30.3 Å². The van der Waals surface area contributed by atoms with Crippen molar-refractivity contribution in [1.29, 1.82) is 0 Å². The van der Waals surface area contributed by atoms with Gasteiger partial charge < -0.3 is 20.3 Å². The topological polar surface area (TPSA) is 64.7 Å². The SMILES string of the molecule is CC1(C)OC[C@H]([C@H](N)[C@@H](CCO)c2ccccc2)O1. The van der Waals surface area contributed by atoms with Crippen LogP contribution in [0.2, 0.25) is 0 Å². The van der Waals surface area contributed by atoms with Gasteiger partial charge in [-0.3, -0.25) is 0 Å². The van der Waals surface area contributed by atoms with E-state index in [9.17, 15) is 5.11 Å². The first-order chi connectivity index (χ1) is 9.03. The van der Waals surface area contributed by atoms with Crippen LogP contribution in [0.3, 0.4) is 0 Å². The van der Waals surface area contributed by atoms with E-state index in [1.807, 2.05) is 44.2 Å². The van der Waals surface area contributed by atoms with Crippen LogP contribution in [-0.2, 0) is 9.47 Å². The number of benzene rings is 1. The van der Waals surface area contributed by atoms with Gasteiger partial charge in [0.1, 0.15) is 0 Å². The average molecular weight is 265 g/mol. The van der Waals surface area contributed by atoms with Crippen molar-refractivity contribution >= 4 is 0 Å². The van der Waals surface area contributed by atoms with Gasteiger partial charge in [-0.2, -0.15) is 0 Å². The summed E-state index contributed by atoms with van der Waals surface area (Å²) in [6.07, 6.45) is 0.498. The van der Waals surface area contributed by atoms with E-state index in [4.69, 9.17) is 15.2 Å². The predicted octanol–water partition coefficient (Wildman–Crippen LogP) is 1.63. The minimum absolute atomic E-state index is 0.0775. The Balaban J connectivity index is 2.11. The summed E-state index contributed by atoms with van der Waals surface area (Å²) in [4.78, 5) is 0. The molecule has 1 aliphatic heterocycles.